The zero-order valence-electron chi connectivity index (χ0n) is 28.3. The van der Waals surface area contributed by atoms with Crippen molar-refractivity contribution in [2.24, 2.45) is 51.2 Å². The van der Waals surface area contributed by atoms with E-state index < -0.39 is 27.4 Å². The fourth-order valence-electron chi connectivity index (χ4n) is 8.09. The third-order valence-corrected chi connectivity index (χ3v) is 11.0. The summed E-state index contributed by atoms with van der Waals surface area (Å²) in [6.45, 7) is 21.3. The van der Waals surface area contributed by atoms with Crippen LogP contribution in [-0.4, -0.2) is 23.1 Å². The fraction of sp³-hybridized carbons (Fsp3) is 0.737. The summed E-state index contributed by atoms with van der Waals surface area (Å²) in [5, 5.41) is 0. The molecule has 2 aliphatic rings. The molecule has 0 aromatic heterocycles. The summed E-state index contributed by atoms with van der Waals surface area (Å²) in [4.78, 5) is 60.9. The van der Waals surface area contributed by atoms with E-state index in [1.54, 1.807) is 24.3 Å². The zero-order chi connectivity index (χ0) is 31.7. The van der Waals surface area contributed by atoms with Crippen molar-refractivity contribution in [2.45, 2.75) is 127 Å². The first-order valence-electron chi connectivity index (χ1n) is 16.7. The fourth-order valence-corrected chi connectivity index (χ4v) is 8.09. The van der Waals surface area contributed by atoms with Gasteiger partial charge in [-0.2, -0.15) is 0 Å². The van der Waals surface area contributed by atoms with Crippen LogP contribution in [0.15, 0.2) is 30.3 Å². The first-order chi connectivity index (χ1) is 19.5. The molecule has 2 fully saturated rings. The number of carbonyl (C=O) groups is 4. The van der Waals surface area contributed by atoms with Gasteiger partial charge in [-0.05, 0) is 86.4 Å². The van der Waals surface area contributed by atoms with E-state index in [1.807, 2.05) is 6.07 Å². The van der Waals surface area contributed by atoms with Gasteiger partial charge >= 0.3 is 0 Å². The van der Waals surface area contributed by atoms with Crippen LogP contribution in [0, 0.1) is 51.2 Å². The van der Waals surface area contributed by atoms with Crippen LogP contribution in [0.2, 0.25) is 0 Å². The van der Waals surface area contributed by atoms with Crippen LogP contribution in [0.1, 0.15) is 137 Å². The number of fused-ring (bicyclic) bond motifs is 2. The van der Waals surface area contributed by atoms with Gasteiger partial charge in [0.1, 0.15) is 0 Å². The number of benzene rings is 1. The Morgan fingerprint density at radius 2 is 1.19 bits per heavy atom. The van der Waals surface area contributed by atoms with E-state index in [1.165, 1.54) is 0 Å². The van der Waals surface area contributed by atoms with E-state index >= 15 is 14.4 Å². The van der Waals surface area contributed by atoms with Crippen molar-refractivity contribution in [1.29, 1.82) is 0 Å². The summed E-state index contributed by atoms with van der Waals surface area (Å²) in [7, 11) is 0. The molecule has 2 aliphatic carbocycles. The molecule has 2 saturated carbocycles. The number of hydrogen-bond acceptors (Lipinski definition) is 4. The second kappa shape index (κ2) is 12.9. The monoisotopic (exact) mass is 578 g/mol. The highest BCUT2D eigenvalue weighted by Gasteiger charge is 2.79. The minimum absolute atomic E-state index is 0.0414. The molecule has 42 heavy (non-hydrogen) atoms. The van der Waals surface area contributed by atoms with Gasteiger partial charge in [0, 0.05) is 5.56 Å². The maximum absolute atomic E-state index is 15.6. The van der Waals surface area contributed by atoms with Crippen LogP contribution < -0.4 is 0 Å². The first kappa shape index (κ1) is 34.4. The SMILES string of the molecule is CC(C)CC[C@H]1C[C@@]2(CCC(C)C)C(=O)C(CCC(C)C)(C(=O)c3ccccc3)C(=O)[C@](CCC(C)C)(C2=O)C1(C)C. The van der Waals surface area contributed by atoms with Crippen LogP contribution in [0.4, 0.5) is 0 Å². The third-order valence-electron chi connectivity index (χ3n) is 11.0. The molecule has 0 N–H and O–H groups in total. The summed E-state index contributed by atoms with van der Waals surface area (Å²) >= 11 is 0. The highest BCUT2D eigenvalue weighted by Crippen LogP contribution is 2.68. The lowest BCUT2D eigenvalue weighted by Crippen LogP contribution is -2.76. The molecule has 0 saturated heterocycles. The maximum Gasteiger partial charge on any atom is 0.183 e. The Morgan fingerprint density at radius 1 is 0.690 bits per heavy atom. The molecule has 1 aromatic rings. The van der Waals surface area contributed by atoms with Gasteiger partial charge in [-0.25, -0.2) is 0 Å². The average Bonchev–Trinajstić information content (AvgIpc) is 2.91. The second-order valence-corrected chi connectivity index (χ2v) is 16.0. The molecular weight excluding hydrogens is 520 g/mol. The van der Waals surface area contributed by atoms with Crippen molar-refractivity contribution in [1.82, 2.24) is 0 Å². The summed E-state index contributed by atoms with van der Waals surface area (Å²) in [6, 6.07) is 8.88. The lowest BCUT2D eigenvalue weighted by molar-refractivity contribution is -0.192. The van der Waals surface area contributed by atoms with Gasteiger partial charge in [0.15, 0.2) is 28.5 Å². The molecular formula is C38H58O4. The molecule has 234 valence electrons. The minimum Gasteiger partial charge on any atom is -0.297 e. The molecule has 0 radical (unpaired) electrons. The molecule has 4 atom stereocenters. The summed E-state index contributed by atoms with van der Waals surface area (Å²) in [5.74, 6) is -0.0411. The molecule has 3 rings (SSSR count). The molecule has 1 unspecified atom stereocenters. The largest absolute Gasteiger partial charge is 0.297 e. The van der Waals surface area contributed by atoms with Gasteiger partial charge in [0.05, 0.1) is 10.8 Å². The third kappa shape index (κ3) is 5.73. The smallest absolute Gasteiger partial charge is 0.183 e. The van der Waals surface area contributed by atoms with Crippen molar-refractivity contribution in [2.75, 3.05) is 0 Å². The Bertz CT molecular complexity index is 1140. The van der Waals surface area contributed by atoms with E-state index in [2.05, 4.69) is 69.2 Å². The zero-order valence-corrected chi connectivity index (χ0v) is 28.3. The van der Waals surface area contributed by atoms with Crippen molar-refractivity contribution in [3.8, 4) is 0 Å². The second-order valence-electron chi connectivity index (χ2n) is 16.0. The number of rotatable bonds is 14. The summed E-state index contributed by atoms with van der Waals surface area (Å²) < 4.78 is 0. The maximum atomic E-state index is 15.6. The van der Waals surface area contributed by atoms with Crippen LogP contribution in [-0.2, 0) is 14.4 Å². The van der Waals surface area contributed by atoms with E-state index in [0.29, 0.717) is 55.9 Å². The number of hydrogen-bond donors (Lipinski definition) is 0. The van der Waals surface area contributed by atoms with Crippen LogP contribution in [0.25, 0.3) is 0 Å². The van der Waals surface area contributed by atoms with Gasteiger partial charge in [0.2, 0.25) is 0 Å². The Hall–Kier alpha value is -2.10. The predicted octanol–water partition coefficient (Wildman–Crippen LogP) is 9.34. The van der Waals surface area contributed by atoms with Crippen molar-refractivity contribution in [3.05, 3.63) is 35.9 Å². The van der Waals surface area contributed by atoms with Crippen molar-refractivity contribution in [3.63, 3.8) is 0 Å². The molecule has 4 heteroatoms. The van der Waals surface area contributed by atoms with Gasteiger partial charge < -0.3 is 0 Å². The average molecular weight is 579 g/mol. The van der Waals surface area contributed by atoms with Gasteiger partial charge in [-0.3, -0.25) is 19.2 Å². The van der Waals surface area contributed by atoms with Crippen molar-refractivity contribution >= 4 is 23.1 Å². The quantitative estimate of drug-likeness (QED) is 0.163. The van der Waals surface area contributed by atoms with E-state index in [-0.39, 0.29) is 41.5 Å². The molecule has 0 spiro atoms. The Morgan fingerprint density at radius 3 is 1.71 bits per heavy atom. The summed E-state index contributed by atoms with van der Waals surface area (Å²) in [6.07, 6.45) is 5.26. The van der Waals surface area contributed by atoms with Crippen LogP contribution in [0.5, 0.6) is 0 Å². The lowest BCUT2D eigenvalue weighted by atomic mass is 9.34. The van der Waals surface area contributed by atoms with E-state index in [0.717, 1.165) is 12.8 Å². The van der Waals surface area contributed by atoms with E-state index in [9.17, 15) is 4.79 Å². The van der Waals surface area contributed by atoms with Gasteiger partial charge in [-0.15, -0.1) is 0 Å². The van der Waals surface area contributed by atoms with E-state index in [4.69, 9.17) is 0 Å². The highest BCUT2D eigenvalue weighted by molar-refractivity contribution is 6.41. The number of Topliss-reactive ketones (excluding diaryl/α,β-unsaturated/α-hetero) is 4. The molecule has 1 aromatic carbocycles. The van der Waals surface area contributed by atoms with Crippen LogP contribution in [0.3, 0.4) is 0 Å². The normalized spacial score (nSPS) is 29.3. The molecule has 0 amide bonds. The highest BCUT2D eigenvalue weighted by atomic mass is 16.2. The minimum atomic E-state index is -1.84. The Kier molecular flexibility index (Phi) is 10.5. The number of carbonyl (C=O) groups excluding carboxylic acids is 4. The van der Waals surface area contributed by atoms with Gasteiger partial charge in [0.25, 0.3) is 0 Å². The van der Waals surface area contributed by atoms with Crippen molar-refractivity contribution < 1.29 is 19.2 Å². The molecule has 4 nitrogen and oxygen atoms in total. The number of ketones is 4. The Balaban J connectivity index is 2.43. The Labute approximate surface area is 256 Å². The molecule has 2 bridgehead atoms. The van der Waals surface area contributed by atoms with Gasteiger partial charge in [-0.1, -0.05) is 106 Å². The first-order valence-corrected chi connectivity index (χ1v) is 16.7. The standard InChI is InChI=1S/C38H58O4/c1-25(2)16-17-30-24-36(21-18-26(3)4)32(40)37(22-19-27(5)6,31(39)29-14-12-11-13-15-29)34(42)38(33(36)41,35(30,9)10)23-20-28(7)8/h11-15,25-28,30H,16-24H2,1-10H3/t30-,36-,37?,38-/m0/s1. The summed E-state index contributed by atoms with van der Waals surface area (Å²) in [5.41, 5.74) is -4.81. The van der Waals surface area contributed by atoms with Crippen LogP contribution >= 0.6 is 0 Å². The predicted molar refractivity (Wildman–Crippen MR) is 171 cm³/mol. The molecule has 0 heterocycles. The lowest BCUT2D eigenvalue weighted by Gasteiger charge is -2.64. The topological polar surface area (TPSA) is 68.3 Å². The molecule has 0 aliphatic heterocycles.